The lowest BCUT2D eigenvalue weighted by Gasteiger charge is -2.45. The molecule has 0 aromatic rings. The smallest absolute Gasteiger partial charge is 0.128 e. The number of aliphatic hydroxyl groups is 3. The first-order valence-corrected chi connectivity index (χ1v) is 5.67. The summed E-state index contributed by atoms with van der Waals surface area (Å²) in [5.74, 6) is 0. The summed E-state index contributed by atoms with van der Waals surface area (Å²) in [5, 5.41) is 29.3. The predicted octanol–water partition coefficient (Wildman–Crippen LogP) is -0.708. The molecule has 3 unspecified atom stereocenters. The van der Waals surface area contributed by atoms with Crippen LogP contribution in [0.1, 0.15) is 0 Å². The minimum atomic E-state index is -0.843. The van der Waals surface area contributed by atoms with Gasteiger partial charge in [0.25, 0.3) is 0 Å². The molecule has 1 heterocycles. The second-order valence-corrected chi connectivity index (χ2v) is 4.14. The molecule has 0 spiro atoms. The van der Waals surface area contributed by atoms with Crippen LogP contribution in [-0.4, -0.2) is 68.7 Å². The lowest BCUT2D eigenvalue weighted by atomic mass is 10.3. The molecule has 0 aromatic carbocycles. The van der Waals surface area contributed by atoms with Gasteiger partial charge in [0.1, 0.15) is 18.7 Å². The summed E-state index contributed by atoms with van der Waals surface area (Å²) >= 11 is 0. The minimum absolute atomic E-state index is 0.348. The molecule has 6 nitrogen and oxygen atoms in total. The van der Waals surface area contributed by atoms with Crippen LogP contribution in [0.4, 0.5) is 0 Å². The average molecular weight is 255 g/mol. The molecule has 1 aliphatic heterocycles. The van der Waals surface area contributed by atoms with Gasteiger partial charge >= 0.3 is 0 Å². The van der Waals surface area contributed by atoms with Gasteiger partial charge in [-0.1, -0.05) is 19.7 Å². The third-order valence-electron chi connectivity index (χ3n) is 2.84. The Morgan fingerprint density at radius 1 is 0.667 bits per heavy atom. The Morgan fingerprint density at radius 2 is 0.889 bits per heavy atom. The quantitative estimate of drug-likeness (QED) is 0.545. The zero-order chi connectivity index (χ0) is 13.7. The van der Waals surface area contributed by atoms with Gasteiger partial charge in [-0.3, -0.25) is 0 Å². The molecule has 0 radical (unpaired) electrons. The second kappa shape index (κ2) is 6.79. The highest BCUT2D eigenvalue weighted by molar-refractivity contribution is 4.88. The van der Waals surface area contributed by atoms with Crippen molar-refractivity contribution >= 4 is 0 Å². The van der Waals surface area contributed by atoms with Gasteiger partial charge in [-0.25, -0.2) is 14.7 Å². The summed E-state index contributed by atoms with van der Waals surface area (Å²) in [7, 11) is 0. The van der Waals surface area contributed by atoms with E-state index in [2.05, 4.69) is 19.7 Å². The zero-order valence-electron chi connectivity index (χ0n) is 10.4. The molecular weight excluding hydrogens is 234 g/mol. The fourth-order valence-corrected chi connectivity index (χ4v) is 1.78. The molecule has 3 atom stereocenters. The molecule has 3 N–H and O–H groups in total. The van der Waals surface area contributed by atoms with Crippen molar-refractivity contribution < 1.29 is 15.3 Å². The van der Waals surface area contributed by atoms with Crippen molar-refractivity contribution in [3.05, 3.63) is 38.0 Å². The van der Waals surface area contributed by atoms with Gasteiger partial charge < -0.3 is 15.3 Å². The van der Waals surface area contributed by atoms with E-state index in [4.69, 9.17) is 0 Å². The number of aliphatic hydroxyl groups excluding tert-OH is 3. The van der Waals surface area contributed by atoms with Gasteiger partial charge in [0, 0.05) is 0 Å². The first-order valence-electron chi connectivity index (χ1n) is 5.67. The number of rotatable bonds is 6. The molecule has 1 rings (SSSR count). The maximum Gasteiger partial charge on any atom is 0.128 e. The van der Waals surface area contributed by atoms with Crippen LogP contribution in [0.25, 0.3) is 0 Å². The Balaban J connectivity index is 2.80. The summed E-state index contributed by atoms with van der Waals surface area (Å²) < 4.78 is 0. The summed E-state index contributed by atoms with van der Waals surface area (Å²) in [6.45, 7) is 11.6. The standard InChI is InChI=1S/C12H21N3O3/c1-4-10(16)13-7-14(11(17)5-2)9-15(8-13)12(18)6-3/h4-6,10-12,16-18H,1-3,7-9H2. The maximum absolute atomic E-state index is 9.77. The van der Waals surface area contributed by atoms with Gasteiger partial charge in [-0.05, 0) is 18.2 Å². The van der Waals surface area contributed by atoms with E-state index in [1.807, 2.05) is 0 Å². The maximum atomic E-state index is 9.77. The van der Waals surface area contributed by atoms with E-state index >= 15 is 0 Å². The van der Waals surface area contributed by atoms with E-state index < -0.39 is 18.7 Å². The SMILES string of the molecule is C=CC(O)N1CN(C(O)C=C)CN(C(O)C=C)C1. The van der Waals surface area contributed by atoms with Crippen LogP contribution < -0.4 is 0 Å². The molecular formula is C12H21N3O3. The third-order valence-corrected chi connectivity index (χ3v) is 2.84. The van der Waals surface area contributed by atoms with E-state index in [-0.39, 0.29) is 0 Å². The van der Waals surface area contributed by atoms with Gasteiger partial charge in [0.15, 0.2) is 0 Å². The Hall–Kier alpha value is -1.02. The average Bonchev–Trinajstić information content (AvgIpc) is 2.43. The van der Waals surface area contributed by atoms with Crippen LogP contribution in [0.5, 0.6) is 0 Å². The van der Waals surface area contributed by atoms with Crippen molar-refractivity contribution in [3.63, 3.8) is 0 Å². The van der Waals surface area contributed by atoms with E-state index in [0.29, 0.717) is 20.0 Å². The van der Waals surface area contributed by atoms with E-state index in [0.717, 1.165) is 0 Å². The lowest BCUT2D eigenvalue weighted by molar-refractivity contribution is -0.160. The monoisotopic (exact) mass is 255 g/mol. The minimum Gasteiger partial charge on any atom is -0.375 e. The van der Waals surface area contributed by atoms with Crippen molar-refractivity contribution in [1.29, 1.82) is 0 Å². The highest BCUT2D eigenvalue weighted by Gasteiger charge is 2.31. The molecule has 102 valence electrons. The summed E-state index contributed by atoms with van der Waals surface area (Å²) in [6, 6.07) is 0. The molecule has 0 saturated carbocycles. The van der Waals surface area contributed by atoms with Crippen LogP contribution in [0, 0.1) is 0 Å². The predicted molar refractivity (Wildman–Crippen MR) is 68.7 cm³/mol. The van der Waals surface area contributed by atoms with Crippen molar-refractivity contribution in [2.45, 2.75) is 18.7 Å². The molecule has 0 amide bonds. The van der Waals surface area contributed by atoms with Crippen molar-refractivity contribution in [3.8, 4) is 0 Å². The van der Waals surface area contributed by atoms with Crippen molar-refractivity contribution in [1.82, 2.24) is 14.7 Å². The van der Waals surface area contributed by atoms with E-state index in [9.17, 15) is 15.3 Å². The highest BCUT2D eigenvalue weighted by atomic mass is 16.3. The van der Waals surface area contributed by atoms with Crippen LogP contribution in [0.2, 0.25) is 0 Å². The van der Waals surface area contributed by atoms with E-state index in [1.54, 1.807) is 14.7 Å². The highest BCUT2D eigenvalue weighted by Crippen LogP contribution is 2.15. The fourth-order valence-electron chi connectivity index (χ4n) is 1.78. The molecule has 18 heavy (non-hydrogen) atoms. The molecule has 6 heteroatoms. The lowest BCUT2D eigenvalue weighted by Crippen LogP contribution is -2.61. The third kappa shape index (κ3) is 3.49. The largest absolute Gasteiger partial charge is 0.375 e. The number of nitrogens with zero attached hydrogens (tertiary/aromatic N) is 3. The molecule has 1 saturated heterocycles. The Labute approximate surface area is 107 Å². The molecule has 0 aromatic heterocycles. The Morgan fingerprint density at radius 3 is 1.06 bits per heavy atom. The molecule has 1 fully saturated rings. The first-order chi connectivity index (χ1) is 8.53. The van der Waals surface area contributed by atoms with Crippen molar-refractivity contribution in [2.24, 2.45) is 0 Å². The second-order valence-electron chi connectivity index (χ2n) is 4.14. The van der Waals surface area contributed by atoms with Gasteiger partial charge in [-0.2, -0.15) is 0 Å². The normalized spacial score (nSPS) is 24.2. The first kappa shape index (κ1) is 15.0. The molecule has 0 aliphatic carbocycles. The molecule has 0 bridgehead atoms. The van der Waals surface area contributed by atoms with E-state index in [1.165, 1.54) is 18.2 Å². The van der Waals surface area contributed by atoms with Gasteiger partial charge in [0.2, 0.25) is 0 Å². The van der Waals surface area contributed by atoms with Crippen molar-refractivity contribution in [2.75, 3.05) is 20.0 Å². The Bertz CT molecular complexity index is 257. The van der Waals surface area contributed by atoms with Crippen LogP contribution in [0.15, 0.2) is 38.0 Å². The van der Waals surface area contributed by atoms with Gasteiger partial charge in [-0.15, -0.1) is 0 Å². The molecule has 1 aliphatic rings. The zero-order valence-corrected chi connectivity index (χ0v) is 10.4. The number of hydrogen-bond donors (Lipinski definition) is 3. The van der Waals surface area contributed by atoms with Gasteiger partial charge in [0.05, 0.1) is 20.0 Å². The topological polar surface area (TPSA) is 70.4 Å². The summed E-state index contributed by atoms with van der Waals surface area (Å²) in [6.07, 6.45) is 1.64. The van der Waals surface area contributed by atoms with Crippen LogP contribution in [0.3, 0.4) is 0 Å². The summed E-state index contributed by atoms with van der Waals surface area (Å²) in [5.41, 5.74) is 0. The van der Waals surface area contributed by atoms with Crippen LogP contribution >= 0.6 is 0 Å². The fraction of sp³-hybridized carbons (Fsp3) is 0.500. The van der Waals surface area contributed by atoms with Crippen LogP contribution in [-0.2, 0) is 0 Å². The number of hydrogen-bond acceptors (Lipinski definition) is 6. The summed E-state index contributed by atoms with van der Waals surface area (Å²) in [4.78, 5) is 4.95. The Kier molecular flexibility index (Phi) is 5.67.